The molecule has 0 atom stereocenters. The van der Waals surface area contributed by atoms with Crippen molar-refractivity contribution in [1.82, 2.24) is 14.3 Å². The molecule has 0 saturated heterocycles. The molecule has 0 aromatic carbocycles. The van der Waals surface area contributed by atoms with Gasteiger partial charge in [-0.05, 0) is 13.0 Å². The van der Waals surface area contributed by atoms with E-state index in [0.29, 0.717) is 12.1 Å². The minimum absolute atomic E-state index is 0.0285. The number of aromatic nitrogens is 3. The molecular weight excluding hydrogens is 216 g/mol. The maximum absolute atomic E-state index is 11.9. The van der Waals surface area contributed by atoms with Gasteiger partial charge >= 0.3 is 0 Å². The average Bonchev–Trinajstić information content (AvgIpc) is 2.79. The van der Waals surface area contributed by atoms with E-state index in [-0.39, 0.29) is 12.1 Å². The highest BCUT2D eigenvalue weighted by Crippen LogP contribution is 2.00. The molecule has 0 aliphatic heterocycles. The van der Waals surface area contributed by atoms with Crippen LogP contribution in [-0.4, -0.2) is 14.3 Å². The van der Waals surface area contributed by atoms with Crippen LogP contribution in [0, 0.1) is 0 Å². The molecule has 2 heterocycles. The van der Waals surface area contributed by atoms with Gasteiger partial charge in [0.25, 0.3) is 5.56 Å². The van der Waals surface area contributed by atoms with Crippen molar-refractivity contribution in [2.75, 3.05) is 0 Å². The minimum Gasteiger partial charge on any atom is -0.326 e. The normalized spacial score (nSPS) is 10.7. The van der Waals surface area contributed by atoms with Crippen LogP contribution in [0.25, 0.3) is 0 Å². The Morgan fingerprint density at radius 2 is 2.29 bits per heavy atom. The summed E-state index contributed by atoms with van der Waals surface area (Å²) >= 11 is 0. The fourth-order valence-corrected chi connectivity index (χ4v) is 1.72. The van der Waals surface area contributed by atoms with Crippen molar-refractivity contribution in [2.45, 2.75) is 26.6 Å². The number of nitrogens with two attached hydrogens (primary N) is 1. The first-order valence-corrected chi connectivity index (χ1v) is 5.64. The summed E-state index contributed by atoms with van der Waals surface area (Å²) in [4.78, 5) is 11.9. The lowest BCUT2D eigenvalue weighted by Crippen LogP contribution is -2.24. The van der Waals surface area contributed by atoms with Crippen LogP contribution in [0.4, 0.5) is 0 Å². The van der Waals surface area contributed by atoms with Crippen molar-refractivity contribution >= 4 is 0 Å². The summed E-state index contributed by atoms with van der Waals surface area (Å²) in [5.41, 5.74) is 7.13. The van der Waals surface area contributed by atoms with E-state index in [9.17, 15) is 4.79 Å². The number of aryl methyl sites for hydroxylation is 1. The summed E-state index contributed by atoms with van der Waals surface area (Å²) in [7, 11) is 0. The van der Waals surface area contributed by atoms with Crippen LogP contribution >= 0.6 is 0 Å². The van der Waals surface area contributed by atoms with Gasteiger partial charge < -0.3 is 10.3 Å². The quantitative estimate of drug-likeness (QED) is 0.838. The summed E-state index contributed by atoms with van der Waals surface area (Å²) in [5, 5.41) is 4.18. The van der Waals surface area contributed by atoms with E-state index in [2.05, 4.69) is 5.10 Å². The Morgan fingerprint density at radius 3 is 2.94 bits per heavy atom. The second kappa shape index (κ2) is 4.97. The average molecular weight is 232 g/mol. The molecule has 0 bridgehead atoms. The van der Waals surface area contributed by atoms with Gasteiger partial charge in [0.15, 0.2) is 0 Å². The van der Waals surface area contributed by atoms with Crippen LogP contribution in [0.2, 0.25) is 0 Å². The zero-order valence-electron chi connectivity index (χ0n) is 9.84. The zero-order chi connectivity index (χ0) is 12.3. The molecule has 0 fully saturated rings. The van der Waals surface area contributed by atoms with Gasteiger partial charge in [0, 0.05) is 36.6 Å². The van der Waals surface area contributed by atoms with Crippen molar-refractivity contribution in [2.24, 2.45) is 5.73 Å². The lowest BCUT2D eigenvalue weighted by Gasteiger charge is -2.05. The fraction of sp³-hybridized carbons (Fsp3) is 0.333. The second-order valence-corrected chi connectivity index (χ2v) is 3.87. The first kappa shape index (κ1) is 11.6. The van der Waals surface area contributed by atoms with Gasteiger partial charge in [-0.15, -0.1) is 0 Å². The Balaban J connectivity index is 2.27. The van der Waals surface area contributed by atoms with Crippen LogP contribution in [0.1, 0.15) is 18.1 Å². The molecule has 2 N–H and O–H groups in total. The molecule has 0 amide bonds. The van der Waals surface area contributed by atoms with E-state index < -0.39 is 0 Å². The van der Waals surface area contributed by atoms with Gasteiger partial charge in [-0.2, -0.15) is 5.10 Å². The third kappa shape index (κ3) is 2.45. The van der Waals surface area contributed by atoms with E-state index in [0.717, 1.165) is 12.1 Å². The smallest absolute Gasteiger partial charge is 0.255 e. The predicted molar refractivity (Wildman–Crippen MR) is 65.6 cm³/mol. The number of nitrogens with zero attached hydrogens (tertiary/aromatic N) is 3. The fourth-order valence-electron chi connectivity index (χ4n) is 1.72. The van der Waals surface area contributed by atoms with Gasteiger partial charge in [-0.3, -0.25) is 9.48 Å². The summed E-state index contributed by atoms with van der Waals surface area (Å²) in [6.45, 7) is 3.66. The SMILES string of the molecule is CCn1cc(Cn2cccc(CN)c2=O)cn1. The van der Waals surface area contributed by atoms with Crippen LogP contribution < -0.4 is 11.3 Å². The molecule has 2 aromatic heterocycles. The van der Waals surface area contributed by atoms with Crippen molar-refractivity contribution < 1.29 is 0 Å². The second-order valence-electron chi connectivity index (χ2n) is 3.87. The summed E-state index contributed by atoms with van der Waals surface area (Å²) in [6, 6.07) is 3.60. The van der Waals surface area contributed by atoms with Crippen molar-refractivity contribution in [3.8, 4) is 0 Å². The first-order valence-electron chi connectivity index (χ1n) is 5.64. The van der Waals surface area contributed by atoms with Gasteiger partial charge in [0.05, 0.1) is 12.7 Å². The van der Waals surface area contributed by atoms with Crippen molar-refractivity contribution in [3.63, 3.8) is 0 Å². The van der Waals surface area contributed by atoms with Crippen LogP contribution in [0.3, 0.4) is 0 Å². The molecule has 0 aliphatic rings. The maximum atomic E-state index is 11.9. The number of pyridine rings is 1. The maximum Gasteiger partial charge on any atom is 0.255 e. The molecule has 0 spiro atoms. The van der Waals surface area contributed by atoms with E-state index in [1.165, 1.54) is 0 Å². The molecule has 17 heavy (non-hydrogen) atoms. The molecule has 2 aromatic rings. The molecule has 90 valence electrons. The topological polar surface area (TPSA) is 65.8 Å². The zero-order valence-corrected chi connectivity index (χ0v) is 9.84. The Labute approximate surface area is 99.5 Å². The Hall–Kier alpha value is -1.88. The van der Waals surface area contributed by atoms with Gasteiger partial charge in [0.2, 0.25) is 0 Å². The number of hydrogen-bond acceptors (Lipinski definition) is 3. The molecule has 0 radical (unpaired) electrons. The highest BCUT2D eigenvalue weighted by Gasteiger charge is 2.03. The standard InChI is InChI=1S/C12H16N4O/c1-2-16-9-10(7-14-16)8-15-5-3-4-11(6-13)12(15)17/h3-5,7,9H,2,6,8,13H2,1H3. The first-order chi connectivity index (χ1) is 8.24. The van der Waals surface area contributed by atoms with E-state index >= 15 is 0 Å². The van der Waals surface area contributed by atoms with E-state index in [1.807, 2.05) is 23.9 Å². The molecule has 5 nitrogen and oxygen atoms in total. The molecule has 0 saturated carbocycles. The van der Waals surface area contributed by atoms with E-state index in [4.69, 9.17) is 5.73 Å². The molecule has 0 aliphatic carbocycles. The third-order valence-electron chi connectivity index (χ3n) is 2.68. The Kier molecular flexibility index (Phi) is 3.39. The summed E-state index contributed by atoms with van der Waals surface area (Å²) in [5.74, 6) is 0. The molecule has 5 heteroatoms. The monoisotopic (exact) mass is 232 g/mol. The largest absolute Gasteiger partial charge is 0.326 e. The number of rotatable bonds is 4. The number of hydrogen-bond donors (Lipinski definition) is 1. The van der Waals surface area contributed by atoms with Crippen molar-refractivity contribution in [3.05, 3.63) is 52.2 Å². The Bertz CT molecular complexity index is 556. The van der Waals surface area contributed by atoms with Crippen LogP contribution in [0.5, 0.6) is 0 Å². The lowest BCUT2D eigenvalue weighted by atomic mass is 10.2. The summed E-state index contributed by atoms with van der Waals surface area (Å²) < 4.78 is 3.49. The Morgan fingerprint density at radius 1 is 1.47 bits per heavy atom. The van der Waals surface area contributed by atoms with Crippen molar-refractivity contribution in [1.29, 1.82) is 0 Å². The predicted octanol–water partition coefficient (Wildman–Crippen LogP) is 0.572. The molecule has 2 rings (SSSR count). The molecule has 0 unspecified atom stereocenters. The summed E-state index contributed by atoms with van der Waals surface area (Å²) in [6.07, 6.45) is 5.50. The van der Waals surface area contributed by atoms with Gasteiger partial charge in [-0.1, -0.05) is 6.07 Å². The lowest BCUT2D eigenvalue weighted by molar-refractivity contribution is 0.657. The highest BCUT2D eigenvalue weighted by molar-refractivity contribution is 5.12. The van der Waals surface area contributed by atoms with Gasteiger partial charge in [-0.25, -0.2) is 0 Å². The van der Waals surface area contributed by atoms with Crippen LogP contribution in [0.15, 0.2) is 35.5 Å². The molecular formula is C12H16N4O. The minimum atomic E-state index is -0.0285. The third-order valence-corrected chi connectivity index (χ3v) is 2.68. The van der Waals surface area contributed by atoms with Gasteiger partial charge in [0.1, 0.15) is 0 Å². The highest BCUT2D eigenvalue weighted by atomic mass is 16.1. The van der Waals surface area contributed by atoms with Crippen LogP contribution in [-0.2, 0) is 19.6 Å². The van der Waals surface area contributed by atoms with E-state index in [1.54, 1.807) is 23.0 Å².